The second-order valence-corrected chi connectivity index (χ2v) is 5.17. The Labute approximate surface area is 159 Å². The maximum absolute atomic E-state index is 8.65. The second kappa shape index (κ2) is 12.4. The molecule has 0 amide bonds. The number of ether oxygens (including phenoxy) is 1. The van der Waals surface area contributed by atoms with Crippen LogP contribution in [0.25, 0.3) is 11.3 Å². The summed E-state index contributed by atoms with van der Waals surface area (Å²) < 4.78 is 10.9. The minimum absolute atomic E-state index is 0. The smallest absolute Gasteiger partial charge is 0.137 e. The predicted molar refractivity (Wildman–Crippen MR) is 102 cm³/mol. The highest BCUT2D eigenvalue weighted by Crippen LogP contribution is 2.30. The van der Waals surface area contributed by atoms with Gasteiger partial charge in [0.25, 0.3) is 0 Å². The van der Waals surface area contributed by atoms with Gasteiger partial charge in [0.1, 0.15) is 17.3 Å². The summed E-state index contributed by atoms with van der Waals surface area (Å²) in [4.78, 5) is 0. The summed E-state index contributed by atoms with van der Waals surface area (Å²) >= 11 is 6.13. The van der Waals surface area contributed by atoms with E-state index in [9.17, 15) is 0 Å². The van der Waals surface area contributed by atoms with Crippen LogP contribution in [0.4, 0.5) is 0 Å². The van der Waals surface area contributed by atoms with Crippen LogP contribution in [-0.4, -0.2) is 38.5 Å². The Morgan fingerprint density at radius 2 is 1.83 bits per heavy atom. The second-order valence-electron chi connectivity index (χ2n) is 4.77. The van der Waals surface area contributed by atoms with Crippen LogP contribution in [-0.2, 0) is 6.54 Å². The van der Waals surface area contributed by atoms with Crippen molar-refractivity contribution < 1.29 is 14.3 Å². The maximum atomic E-state index is 8.65. The lowest BCUT2D eigenvalue weighted by Gasteiger charge is -2.05. The summed E-state index contributed by atoms with van der Waals surface area (Å²) in [5.41, 5.74) is 0.918. The van der Waals surface area contributed by atoms with Gasteiger partial charge in [-0.1, -0.05) is 11.6 Å². The molecule has 0 aliphatic rings. The van der Waals surface area contributed by atoms with Crippen LogP contribution in [0.5, 0.6) is 5.75 Å². The molecule has 2 rings (SSSR count). The minimum Gasteiger partial charge on any atom is -0.495 e. The lowest BCUT2D eigenvalue weighted by Crippen LogP contribution is -2.28. The lowest BCUT2D eigenvalue weighted by atomic mass is 10.2. The first-order chi connectivity index (χ1) is 10.7. The SMILES string of the molecule is COc1ccc(-c2ccc(CNCCNCCO)o2)cc1Cl.Cl.Cl. The van der Waals surface area contributed by atoms with Crippen LogP contribution in [0.1, 0.15) is 5.76 Å². The fourth-order valence-electron chi connectivity index (χ4n) is 2.04. The van der Waals surface area contributed by atoms with Gasteiger partial charge >= 0.3 is 0 Å². The number of methoxy groups -OCH3 is 1. The highest BCUT2D eigenvalue weighted by atomic mass is 35.5. The molecule has 0 radical (unpaired) electrons. The quantitative estimate of drug-likeness (QED) is 0.567. The Morgan fingerprint density at radius 1 is 1.08 bits per heavy atom. The summed E-state index contributed by atoms with van der Waals surface area (Å²) in [6, 6.07) is 9.44. The van der Waals surface area contributed by atoms with Crippen LogP contribution < -0.4 is 15.4 Å². The number of benzene rings is 1. The molecule has 8 heteroatoms. The zero-order chi connectivity index (χ0) is 15.8. The monoisotopic (exact) mass is 396 g/mol. The van der Waals surface area contributed by atoms with Crippen molar-refractivity contribution >= 4 is 36.4 Å². The normalized spacial score (nSPS) is 9.96. The van der Waals surface area contributed by atoms with E-state index in [1.165, 1.54) is 0 Å². The number of hydrogen-bond donors (Lipinski definition) is 3. The Balaban J connectivity index is 0.00000264. The van der Waals surface area contributed by atoms with Crippen molar-refractivity contribution in [3.63, 3.8) is 0 Å². The average Bonchev–Trinajstić information content (AvgIpc) is 2.99. The van der Waals surface area contributed by atoms with Gasteiger partial charge in [-0.15, -0.1) is 24.8 Å². The molecule has 2 aromatic rings. The molecule has 1 aromatic heterocycles. The summed E-state index contributed by atoms with van der Waals surface area (Å²) in [5.74, 6) is 2.29. The number of aliphatic hydroxyl groups excluding tert-OH is 1. The Morgan fingerprint density at radius 3 is 2.50 bits per heavy atom. The van der Waals surface area contributed by atoms with Crippen LogP contribution >= 0.6 is 36.4 Å². The fraction of sp³-hybridized carbons (Fsp3) is 0.375. The van der Waals surface area contributed by atoms with Crippen LogP contribution in [0.2, 0.25) is 5.02 Å². The third-order valence-electron chi connectivity index (χ3n) is 3.16. The van der Waals surface area contributed by atoms with Crippen LogP contribution in [0, 0.1) is 0 Å². The number of rotatable bonds is 9. The molecule has 0 aliphatic heterocycles. The van der Waals surface area contributed by atoms with E-state index in [1.807, 2.05) is 30.3 Å². The molecule has 0 bridgehead atoms. The molecular weight excluding hydrogens is 375 g/mol. The van der Waals surface area contributed by atoms with Crippen molar-refractivity contribution in [2.45, 2.75) is 6.54 Å². The average molecular weight is 398 g/mol. The van der Waals surface area contributed by atoms with Gasteiger partial charge in [0, 0.05) is 25.2 Å². The van der Waals surface area contributed by atoms with E-state index in [1.54, 1.807) is 7.11 Å². The van der Waals surface area contributed by atoms with E-state index >= 15 is 0 Å². The van der Waals surface area contributed by atoms with E-state index in [-0.39, 0.29) is 31.4 Å². The van der Waals surface area contributed by atoms with E-state index in [0.717, 1.165) is 30.2 Å². The van der Waals surface area contributed by atoms with Crippen LogP contribution in [0.15, 0.2) is 34.7 Å². The molecular formula is C16H23Cl3N2O3. The molecule has 0 saturated heterocycles. The molecule has 0 aliphatic carbocycles. The lowest BCUT2D eigenvalue weighted by molar-refractivity contribution is 0.292. The highest BCUT2D eigenvalue weighted by Gasteiger charge is 2.08. The summed E-state index contributed by atoms with van der Waals surface area (Å²) in [5, 5.41) is 15.6. The summed E-state index contributed by atoms with van der Waals surface area (Å²) in [6.07, 6.45) is 0. The van der Waals surface area contributed by atoms with Crippen molar-refractivity contribution in [3.8, 4) is 17.1 Å². The van der Waals surface area contributed by atoms with Gasteiger partial charge in [0.15, 0.2) is 0 Å². The molecule has 0 saturated carbocycles. The molecule has 136 valence electrons. The first kappa shape index (κ1) is 23.1. The van der Waals surface area contributed by atoms with Gasteiger partial charge in [-0.05, 0) is 30.3 Å². The third-order valence-corrected chi connectivity index (χ3v) is 3.46. The molecule has 0 atom stereocenters. The van der Waals surface area contributed by atoms with Gasteiger partial charge in [-0.3, -0.25) is 0 Å². The zero-order valence-electron chi connectivity index (χ0n) is 13.4. The summed E-state index contributed by atoms with van der Waals surface area (Å²) in [6.45, 7) is 3.05. The van der Waals surface area contributed by atoms with E-state index < -0.39 is 0 Å². The first-order valence-electron chi connectivity index (χ1n) is 7.19. The van der Waals surface area contributed by atoms with Gasteiger partial charge in [0.2, 0.25) is 0 Å². The standard InChI is InChI=1S/C16H21ClN2O3.2ClH/c1-21-16-4-2-12(10-14(16)17)15-5-3-13(22-15)11-19-7-6-18-8-9-20;;/h2-5,10,18-20H,6-9,11H2,1H3;2*1H. The number of furan rings is 1. The number of hydrogen-bond acceptors (Lipinski definition) is 5. The van der Waals surface area contributed by atoms with Gasteiger partial charge in [0.05, 0.1) is 25.3 Å². The van der Waals surface area contributed by atoms with Crippen molar-refractivity contribution in [3.05, 3.63) is 41.1 Å². The largest absolute Gasteiger partial charge is 0.495 e. The highest BCUT2D eigenvalue weighted by molar-refractivity contribution is 6.32. The molecule has 3 N–H and O–H groups in total. The summed E-state index contributed by atoms with van der Waals surface area (Å²) in [7, 11) is 1.59. The molecule has 24 heavy (non-hydrogen) atoms. The van der Waals surface area contributed by atoms with Crippen molar-refractivity contribution in [1.29, 1.82) is 0 Å². The van der Waals surface area contributed by atoms with E-state index in [2.05, 4.69) is 10.6 Å². The molecule has 0 fully saturated rings. The maximum Gasteiger partial charge on any atom is 0.137 e. The molecule has 1 heterocycles. The number of aliphatic hydroxyl groups is 1. The Hall–Kier alpha value is -0.950. The third kappa shape index (κ3) is 6.89. The van der Waals surface area contributed by atoms with Crippen molar-refractivity contribution in [2.24, 2.45) is 0 Å². The molecule has 0 spiro atoms. The zero-order valence-corrected chi connectivity index (χ0v) is 15.8. The van der Waals surface area contributed by atoms with Crippen LogP contribution in [0.3, 0.4) is 0 Å². The van der Waals surface area contributed by atoms with E-state index in [4.69, 9.17) is 25.9 Å². The van der Waals surface area contributed by atoms with Crippen molar-refractivity contribution in [2.75, 3.05) is 33.4 Å². The molecule has 1 aromatic carbocycles. The predicted octanol–water partition coefficient (Wildman–Crippen LogP) is 3.12. The van der Waals surface area contributed by atoms with E-state index in [0.29, 0.717) is 23.9 Å². The van der Waals surface area contributed by atoms with Gasteiger partial charge < -0.3 is 24.9 Å². The topological polar surface area (TPSA) is 66.7 Å². The molecule has 5 nitrogen and oxygen atoms in total. The first-order valence-corrected chi connectivity index (χ1v) is 7.57. The Bertz CT molecular complexity index is 594. The fourth-order valence-corrected chi connectivity index (χ4v) is 2.30. The number of halogens is 3. The number of nitrogens with one attached hydrogen (secondary N) is 2. The minimum atomic E-state index is 0. The van der Waals surface area contributed by atoms with Crippen molar-refractivity contribution in [1.82, 2.24) is 10.6 Å². The Kier molecular flexibility index (Phi) is 11.9. The van der Waals surface area contributed by atoms with Gasteiger partial charge in [-0.25, -0.2) is 0 Å². The van der Waals surface area contributed by atoms with Gasteiger partial charge in [-0.2, -0.15) is 0 Å². The molecule has 0 unspecified atom stereocenters.